The second-order valence-corrected chi connectivity index (χ2v) is 3.34. The fourth-order valence-corrected chi connectivity index (χ4v) is 1.63. The van der Waals surface area contributed by atoms with Crippen LogP contribution in [0.25, 0.3) is 0 Å². The first kappa shape index (κ1) is 10.0. The molecule has 0 saturated heterocycles. The molecule has 0 heteroatoms. The van der Waals surface area contributed by atoms with Gasteiger partial charge in [0.1, 0.15) is 0 Å². The maximum absolute atomic E-state index is 3.76. The standard InChI is InChI=1S/C13H18/c1-3-8-12(9-4-2)13-10-6-5-7-11-13/h3,5-6,8,10H,1,4,7,9,11H2,2H3/b12-8+. The second kappa shape index (κ2) is 5.58. The van der Waals surface area contributed by atoms with E-state index in [0.29, 0.717) is 0 Å². The summed E-state index contributed by atoms with van der Waals surface area (Å²) < 4.78 is 0. The summed E-state index contributed by atoms with van der Waals surface area (Å²) in [5.41, 5.74) is 2.95. The normalized spacial score (nSPS) is 17.0. The van der Waals surface area contributed by atoms with E-state index in [1.165, 1.54) is 36.8 Å². The highest BCUT2D eigenvalue weighted by Crippen LogP contribution is 2.23. The third kappa shape index (κ3) is 3.06. The van der Waals surface area contributed by atoms with Crippen molar-refractivity contribution >= 4 is 0 Å². The van der Waals surface area contributed by atoms with Gasteiger partial charge in [0.2, 0.25) is 0 Å². The molecule has 0 radical (unpaired) electrons. The summed E-state index contributed by atoms with van der Waals surface area (Å²) in [5.74, 6) is 0. The van der Waals surface area contributed by atoms with Crippen LogP contribution in [0.2, 0.25) is 0 Å². The molecule has 0 aromatic heterocycles. The van der Waals surface area contributed by atoms with Crippen LogP contribution in [0.15, 0.2) is 48.1 Å². The summed E-state index contributed by atoms with van der Waals surface area (Å²) >= 11 is 0. The third-order valence-corrected chi connectivity index (χ3v) is 2.26. The minimum absolute atomic E-state index is 1.17. The Morgan fingerprint density at radius 1 is 1.62 bits per heavy atom. The van der Waals surface area contributed by atoms with E-state index in [1.54, 1.807) is 0 Å². The lowest BCUT2D eigenvalue weighted by molar-refractivity contribution is 0.870. The van der Waals surface area contributed by atoms with Crippen molar-refractivity contribution in [3.63, 3.8) is 0 Å². The molecule has 0 aliphatic heterocycles. The van der Waals surface area contributed by atoms with E-state index in [0.717, 1.165) is 0 Å². The van der Waals surface area contributed by atoms with Crippen LogP contribution in [0.5, 0.6) is 0 Å². The van der Waals surface area contributed by atoms with Gasteiger partial charge in [-0.1, -0.05) is 50.3 Å². The first-order chi connectivity index (χ1) is 6.38. The number of allylic oxidation sites excluding steroid dienone is 7. The maximum Gasteiger partial charge on any atom is -0.0241 e. The van der Waals surface area contributed by atoms with Crippen LogP contribution in [0.1, 0.15) is 32.6 Å². The molecule has 0 aromatic carbocycles. The van der Waals surface area contributed by atoms with Crippen LogP contribution >= 0.6 is 0 Å². The predicted octanol–water partition coefficient (Wildman–Crippen LogP) is 4.18. The minimum atomic E-state index is 1.17. The zero-order valence-corrected chi connectivity index (χ0v) is 8.42. The Kier molecular flexibility index (Phi) is 4.31. The van der Waals surface area contributed by atoms with E-state index >= 15 is 0 Å². The monoisotopic (exact) mass is 174 g/mol. The van der Waals surface area contributed by atoms with Gasteiger partial charge in [-0.15, -0.1) is 0 Å². The van der Waals surface area contributed by atoms with Crippen LogP contribution in [0.4, 0.5) is 0 Å². The summed E-state index contributed by atoms with van der Waals surface area (Å²) in [5, 5.41) is 0. The van der Waals surface area contributed by atoms with Gasteiger partial charge < -0.3 is 0 Å². The van der Waals surface area contributed by atoms with Gasteiger partial charge in [-0.3, -0.25) is 0 Å². The lowest BCUT2D eigenvalue weighted by Crippen LogP contribution is -1.92. The van der Waals surface area contributed by atoms with Crippen molar-refractivity contribution in [1.29, 1.82) is 0 Å². The summed E-state index contributed by atoms with van der Waals surface area (Å²) in [4.78, 5) is 0. The van der Waals surface area contributed by atoms with Crippen LogP contribution in [-0.4, -0.2) is 0 Å². The fraction of sp³-hybridized carbons (Fsp3) is 0.385. The topological polar surface area (TPSA) is 0 Å². The Hall–Kier alpha value is -1.04. The average Bonchev–Trinajstić information content (AvgIpc) is 2.19. The van der Waals surface area contributed by atoms with E-state index in [2.05, 4.69) is 37.8 Å². The fourth-order valence-electron chi connectivity index (χ4n) is 1.63. The van der Waals surface area contributed by atoms with Crippen molar-refractivity contribution in [2.24, 2.45) is 0 Å². The van der Waals surface area contributed by atoms with Crippen molar-refractivity contribution in [2.75, 3.05) is 0 Å². The second-order valence-electron chi connectivity index (χ2n) is 3.34. The Bertz CT molecular complexity index is 251. The lowest BCUT2D eigenvalue weighted by Gasteiger charge is -2.12. The van der Waals surface area contributed by atoms with E-state index in [1.807, 2.05) is 6.08 Å². The van der Waals surface area contributed by atoms with E-state index in [-0.39, 0.29) is 0 Å². The molecule has 0 saturated carbocycles. The van der Waals surface area contributed by atoms with Gasteiger partial charge in [-0.2, -0.15) is 0 Å². The minimum Gasteiger partial charge on any atom is -0.0991 e. The molecule has 0 unspecified atom stereocenters. The zero-order valence-electron chi connectivity index (χ0n) is 8.42. The highest BCUT2D eigenvalue weighted by atomic mass is 14.1. The molecule has 1 rings (SSSR count). The molecular weight excluding hydrogens is 156 g/mol. The highest BCUT2D eigenvalue weighted by molar-refractivity contribution is 5.37. The van der Waals surface area contributed by atoms with Gasteiger partial charge >= 0.3 is 0 Å². The summed E-state index contributed by atoms with van der Waals surface area (Å²) in [6.07, 6.45) is 15.4. The molecule has 0 atom stereocenters. The van der Waals surface area contributed by atoms with Gasteiger partial charge in [-0.25, -0.2) is 0 Å². The lowest BCUT2D eigenvalue weighted by atomic mass is 9.94. The SMILES string of the molecule is C=C/C=C(\CCC)C1=CC=CCC1. The van der Waals surface area contributed by atoms with Crippen molar-refractivity contribution < 1.29 is 0 Å². The number of hydrogen-bond acceptors (Lipinski definition) is 0. The van der Waals surface area contributed by atoms with Crippen LogP contribution in [0.3, 0.4) is 0 Å². The smallest absolute Gasteiger partial charge is 0.0241 e. The van der Waals surface area contributed by atoms with Gasteiger partial charge in [0, 0.05) is 0 Å². The van der Waals surface area contributed by atoms with Crippen LogP contribution < -0.4 is 0 Å². The Morgan fingerprint density at radius 2 is 2.46 bits per heavy atom. The van der Waals surface area contributed by atoms with Crippen LogP contribution in [0, 0.1) is 0 Å². The Morgan fingerprint density at radius 3 is 3.00 bits per heavy atom. The molecule has 1 aliphatic carbocycles. The first-order valence-electron chi connectivity index (χ1n) is 5.06. The molecule has 0 N–H and O–H groups in total. The molecule has 13 heavy (non-hydrogen) atoms. The molecule has 1 aliphatic rings. The summed E-state index contributed by atoms with van der Waals surface area (Å²) in [6, 6.07) is 0. The number of hydrogen-bond donors (Lipinski definition) is 0. The molecule has 0 nitrogen and oxygen atoms in total. The third-order valence-electron chi connectivity index (χ3n) is 2.26. The van der Waals surface area contributed by atoms with Crippen molar-refractivity contribution in [3.8, 4) is 0 Å². The van der Waals surface area contributed by atoms with Gasteiger partial charge in [0.05, 0.1) is 0 Å². The van der Waals surface area contributed by atoms with E-state index in [9.17, 15) is 0 Å². The van der Waals surface area contributed by atoms with Crippen molar-refractivity contribution in [1.82, 2.24) is 0 Å². The Balaban J connectivity index is 2.74. The van der Waals surface area contributed by atoms with Crippen LogP contribution in [-0.2, 0) is 0 Å². The van der Waals surface area contributed by atoms with E-state index < -0.39 is 0 Å². The molecule has 0 fully saturated rings. The van der Waals surface area contributed by atoms with Gasteiger partial charge in [0.25, 0.3) is 0 Å². The highest BCUT2D eigenvalue weighted by Gasteiger charge is 2.04. The summed E-state index contributed by atoms with van der Waals surface area (Å²) in [7, 11) is 0. The molecule has 70 valence electrons. The van der Waals surface area contributed by atoms with Gasteiger partial charge in [-0.05, 0) is 30.4 Å². The maximum atomic E-state index is 3.76. The molecule has 0 spiro atoms. The van der Waals surface area contributed by atoms with Gasteiger partial charge in [0.15, 0.2) is 0 Å². The number of rotatable bonds is 4. The first-order valence-corrected chi connectivity index (χ1v) is 5.06. The molecule has 0 heterocycles. The molecule has 0 aromatic rings. The quantitative estimate of drug-likeness (QED) is 0.561. The van der Waals surface area contributed by atoms with E-state index in [4.69, 9.17) is 0 Å². The predicted molar refractivity (Wildman–Crippen MR) is 59.6 cm³/mol. The zero-order chi connectivity index (χ0) is 9.52. The largest absolute Gasteiger partial charge is 0.0991 e. The van der Waals surface area contributed by atoms with Crippen molar-refractivity contribution in [2.45, 2.75) is 32.6 Å². The molecule has 0 amide bonds. The Labute approximate surface area is 81.4 Å². The van der Waals surface area contributed by atoms with Crippen molar-refractivity contribution in [3.05, 3.63) is 48.1 Å². The molecular formula is C13H18. The molecule has 0 bridgehead atoms. The average molecular weight is 174 g/mol. The summed E-state index contributed by atoms with van der Waals surface area (Å²) in [6.45, 7) is 5.97.